The number of carbonyl (C=O) groups excluding carboxylic acids is 2. The summed E-state index contributed by atoms with van der Waals surface area (Å²) in [5.41, 5.74) is 3.30. The van der Waals surface area contributed by atoms with E-state index in [0.717, 1.165) is 43.1 Å². The molecule has 0 aromatic heterocycles. The van der Waals surface area contributed by atoms with Gasteiger partial charge in [0.2, 0.25) is 10.0 Å². The van der Waals surface area contributed by atoms with Crippen LogP contribution in [0.2, 0.25) is 0 Å². The number of nitrogens with zero attached hydrogens (tertiary/aromatic N) is 1. The maximum absolute atomic E-state index is 13.4. The van der Waals surface area contributed by atoms with Crippen LogP contribution in [-0.4, -0.2) is 61.4 Å². The van der Waals surface area contributed by atoms with E-state index in [0.29, 0.717) is 41.2 Å². The predicted octanol–water partition coefficient (Wildman–Crippen LogP) is 7.16. The number of aryl methyl sites for hydroxylation is 1. The predicted molar refractivity (Wildman–Crippen MR) is 168 cm³/mol. The summed E-state index contributed by atoms with van der Waals surface area (Å²) in [5, 5.41) is 2.81. The molecule has 0 aliphatic heterocycles. The Kier molecular flexibility index (Phi) is 13.6. The van der Waals surface area contributed by atoms with E-state index in [9.17, 15) is 31.2 Å². The fourth-order valence-corrected chi connectivity index (χ4v) is 7.54. The smallest absolute Gasteiger partial charge is 0.342 e. The van der Waals surface area contributed by atoms with Gasteiger partial charge in [-0.3, -0.25) is 4.79 Å². The normalized spacial score (nSPS) is 15.4. The maximum atomic E-state index is 13.4. The molecule has 1 aliphatic rings. The molecule has 43 heavy (non-hydrogen) atoms. The molecule has 6 nitrogen and oxygen atoms in total. The number of hydrogen-bond donors (Lipinski definition) is 1. The lowest BCUT2D eigenvalue weighted by molar-refractivity contribution is -0.134. The van der Waals surface area contributed by atoms with E-state index in [-0.39, 0.29) is 13.1 Å². The van der Waals surface area contributed by atoms with Crippen LogP contribution in [0.4, 0.5) is 13.2 Å². The van der Waals surface area contributed by atoms with Gasteiger partial charge in [0.15, 0.2) is 0 Å². The Morgan fingerprint density at radius 2 is 1.84 bits per heavy atom. The van der Waals surface area contributed by atoms with Crippen molar-refractivity contribution in [2.24, 2.45) is 5.92 Å². The van der Waals surface area contributed by atoms with Crippen LogP contribution in [0.3, 0.4) is 0 Å². The molecule has 2 aromatic rings. The highest BCUT2D eigenvalue weighted by Crippen LogP contribution is 2.31. The Labute approximate surface area is 258 Å². The Morgan fingerprint density at radius 3 is 2.49 bits per heavy atom. The largest absolute Gasteiger partial charge is 0.389 e. The summed E-state index contributed by atoms with van der Waals surface area (Å²) < 4.78 is 66.5. The summed E-state index contributed by atoms with van der Waals surface area (Å²) >= 11 is 1.58. The molecule has 0 heterocycles. The number of amides is 1. The lowest BCUT2D eigenvalue weighted by Crippen LogP contribution is -2.37. The molecule has 11 heteroatoms. The van der Waals surface area contributed by atoms with Crippen molar-refractivity contribution >= 4 is 34.0 Å². The third-order valence-electron chi connectivity index (χ3n) is 8.00. The van der Waals surface area contributed by atoms with E-state index in [1.165, 1.54) is 10.7 Å². The first-order valence-corrected chi connectivity index (χ1v) is 17.9. The zero-order valence-corrected chi connectivity index (χ0v) is 26.6. The minimum Gasteiger partial charge on any atom is -0.342 e. The molecule has 0 radical (unpaired) electrons. The monoisotopic (exact) mass is 640 g/mol. The van der Waals surface area contributed by atoms with Crippen LogP contribution in [0.1, 0.15) is 79.3 Å². The second-order valence-corrected chi connectivity index (χ2v) is 14.4. The van der Waals surface area contributed by atoms with Crippen LogP contribution in [0.5, 0.6) is 0 Å². The minimum absolute atomic E-state index is 0.00740. The first kappa shape index (κ1) is 35.1. The van der Waals surface area contributed by atoms with Crippen molar-refractivity contribution in [3.63, 3.8) is 0 Å². The zero-order valence-electron chi connectivity index (χ0n) is 25.0. The molecular weight excluding hydrogens is 597 g/mol. The molecule has 1 atom stereocenters. The van der Waals surface area contributed by atoms with Crippen molar-refractivity contribution in [3.8, 4) is 11.1 Å². The van der Waals surface area contributed by atoms with E-state index in [1.54, 1.807) is 30.0 Å². The number of benzene rings is 2. The number of carbonyl (C=O) groups is 2. The topological polar surface area (TPSA) is 83.6 Å². The fraction of sp³-hybridized carbons (Fsp3) is 0.562. The van der Waals surface area contributed by atoms with Gasteiger partial charge in [-0.2, -0.15) is 29.2 Å². The lowest BCUT2D eigenvalue weighted by atomic mass is 9.87. The van der Waals surface area contributed by atoms with Gasteiger partial charge in [0, 0.05) is 25.1 Å². The first-order chi connectivity index (χ1) is 20.4. The molecule has 2 aromatic carbocycles. The standard InChI is InChI=1S/C32H43F3N2O4S2/c1-24-9-6-7-12-28(24)30-21-26(13-14-29(30)31(39)36-27(23-38)16-19-42-2)22-37(18-15-25-10-4-3-5-11-25)43(40,41)20-8-17-32(33,34)35/h6-7,9,12-14,21,23,25,27H,3-5,8,10-11,15-20,22H2,1-2H3,(H,36,39)/t27-/m0/s1. The van der Waals surface area contributed by atoms with Gasteiger partial charge in [0.1, 0.15) is 6.29 Å². The number of halogens is 3. The summed E-state index contributed by atoms with van der Waals surface area (Å²) in [5.74, 6) is 0.122. The summed E-state index contributed by atoms with van der Waals surface area (Å²) in [4.78, 5) is 25.0. The van der Waals surface area contributed by atoms with E-state index < -0.39 is 46.7 Å². The molecule has 1 fully saturated rings. The van der Waals surface area contributed by atoms with Crippen LogP contribution < -0.4 is 5.32 Å². The van der Waals surface area contributed by atoms with Gasteiger partial charge in [0.25, 0.3) is 5.91 Å². The van der Waals surface area contributed by atoms with Crippen molar-refractivity contribution in [2.45, 2.75) is 83.5 Å². The van der Waals surface area contributed by atoms with Crippen molar-refractivity contribution in [1.82, 2.24) is 9.62 Å². The molecule has 1 aliphatic carbocycles. The Morgan fingerprint density at radius 1 is 1.12 bits per heavy atom. The minimum atomic E-state index is -4.42. The molecule has 0 saturated heterocycles. The molecule has 0 unspecified atom stereocenters. The third-order valence-corrected chi connectivity index (χ3v) is 10.6. The lowest BCUT2D eigenvalue weighted by Gasteiger charge is -2.27. The average Bonchev–Trinajstić information content (AvgIpc) is 2.97. The zero-order chi connectivity index (χ0) is 31.5. The summed E-state index contributed by atoms with van der Waals surface area (Å²) in [7, 11) is -3.97. The first-order valence-electron chi connectivity index (χ1n) is 14.9. The second kappa shape index (κ2) is 16.6. The Bertz CT molecular complexity index is 1310. The van der Waals surface area contributed by atoms with E-state index in [1.807, 2.05) is 37.4 Å². The number of rotatable bonds is 16. The number of nitrogens with one attached hydrogen (secondary N) is 1. The molecule has 3 rings (SSSR count). The summed E-state index contributed by atoms with van der Waals surface area (Å²) in [6, 6.07) is 12.0. The van der Waals surface area contributed by atoms with E-state index in [2.05, 4.69) is 5.32 Å². The van der Waals surface area contributed by atoms with Gasteiger partial charge in [-0.1, -0.05) is 62.4 Å². The van der Waals surface area contributed by atoms with E-state index >= 15 is 0 Å². The summed E-state index contributed by atoms with van der Waals surface area (Å²) in [6.45, 7) is 2.14. The highest BCUT2D eigenvalue weighted by Gasteiger charge is 2.30. The highest BCUT2D eigenvalue weighted by molar-refractivity contribution is 7.98. The van der Waals surface area contributed by atoms with Crippen LogP contribution in [-0.2, 0) is 21.4 Å². The van der Waals surface area contributed by atoms with Gasteiger partial charge in [0.05, 0.1) is 11.8 Å². The number of hydrogen-bond acceptors (Lipinski definition) is 5. The van der Waals surface area contributed by atoms with Crippen molar-refractivity contribution in [3.05, 3.63) is 59.2 Å². The SMILES string of the molecule is CSCC[C@@H](C=O)NC(=O)c1ccc(CN(CCC2CCCCC2)S(=O)(=O)CCCC(F)(F)F)cc1-c1ccccc1C. The average molecular weight is 641 g/mol. The van der Waals surface area contributed by atoms with Gasteiger partial charge in [-0.15, -0.1) is 0 Å². The quantitative estimate of drug-likeness (QED) is 0.197. The van der Waals surface area contributed by atoms with Crippen LogP contribution in [0, 0.1) is 12.8 Å². The van der Waals surface area contributed by atoms with Gasteiger partial charge in [-0.25, -0.2) is 8.42 Å². The van der Waals surface area contributed by atoms with Gasteiger partial charge in [-0.05, 0) is 78.5 Å². The van der Waals surface area contributed by atoms with Gasteiger partial charge >= 0.3 is 6.18 Å². The fourth-order valence-electron chi connectivity index (χ4n) is 5.56. The number of thioether (sulfide) groups is 1. The molecule has 1 saturated carbocycles. The molecule has 0 spiro atoms. The van der Waals surface area contributed by atoms with E-state index in [4.69, 9.17) is 0 Å². The highest BCUT2D eigenvalue weighted by atomic mass is 32.2. The summed E-state index contributed by atoms with van der Waals surface area (Å²) in [6.07, 6.45) is 3.19. The van der Waals surface area contributed by atoms with Crippen molar-refractivity contribution < 1.29 is 31.2 Å². The molecule has 1 N–H and O–H groups in total. The number of alkyl halides is 3. The number of aldehydes is 1. The molecule has 1 amide bonds. The van der Waals surface area contributed by atoms with Crippen molar-refractivity contribution in [2.75, 3.05) is 24.3 Å². The maximum Gasteiger partial charge on any atom is 0.389 e. The Balaban J connectivity index is 1.93. The third kappa shape index (κ3) is 11.2. The van der Waals surface area contributed by atoms with Gasteiger partial charge < -0.3 is 10.1 Å². The second-order valence-electron chi connectivity index (χ2n) is 11.4. The van der Waals surface area contributed by atoms with Crippen LogP contribution in [0.25, 0.3) is 11.1 Å². The number of sulfonamides is 1. The molecular formula is C32H43F3N2O4S2. The molecule has 0 bridgehead atoms. The van der Waals surface area contributed by atoms with Crippen LogP contribution in [0.15, 0.2) is 42.5 Å². The van der Waals surface area contributed by atoms with Crippen LogP contribution >= 0.6 is 11.8 Å². The Hall–Kier alpha value is -2.37. The van der Waals surface area contributed by atoms with Crippen molar-refractivity contribution in [1.29, 1.82) is 0 Å². The molecule has 238 valence electrons.